The second kappa shape index (κ2) is 8.93. The zero-order valence-electron chi connectivity index (χ0n) is 18.4. The molecule has 170 valence electrons. The van der Waals surface area contributed by atoms with Crippen molar-refractivity contribution in [2.45, 2.75) is 45.6 Å². The van der Waals surface area contributed by atoms with Gasteiger partial charge in [-0.05, 0) is 53.5 Å². The Labute approximate surface area is 185 Å². The number of benzene rings is 1. The average Bonchev–Trinajstić information content (AvgIpc) is 3.19. The molecule has 3 aromatic rings. The molecule has 1 aliphatic carbocycles. The maximum Gasteiger partial charge on any atom is 0.324 e. The zero-order valence-corrected chi connectivity index (χ0v) is 18.4. The highest BCUT2D eigenvalue weighted by Crippen LogP contribution is 2.48. The van der Waals surface area contributed by atoms with Crippen molar-refractivity contribution in [3.63, 3.8) is 0 Å². The fraction of sp³-hybridized carbons (Fsp3) is 0.591. The van der Waals surface area contributed by atoms with Gasteiger partial charge in [0.05, 0.1) is 18.9 Å². The van der Waals surface area contributed by atoms with E-state index in [9.17, 15) is 4.39 Å². The van der Waals surface area contributed by atoms with Crippen LogP contribution in [0.5, 0.6) is 0 Å². The van der Waals surface area contributed by atoms with E-state index in [0.29, 0.717) is 41.6 Å². The maximum atomic E-state index is 14.4. The normalized spacial score (nSPS) is 21.4. The maximum absolute atomic E-state index is 14.4. The molecule has 2 aromatic heterocycles. The van der Waals surface area contributed by atoms with E-state index in [-0.39, 0.29) is 18.3 Å². The summed E-state index contributed by atoms with van der Waals surface area (Å²) in [5.74, 6) is 2.72. The number of piperidine rings is 1. The Hall–Kier alpha value is -2.88. The van der Waals surface area contributed by atoms with E-state index in [0.717, 1.165) is 31.8 Å². The third-order valence-corrected chi connectivity index (χ3v) is 6.58. The molecule has 0 N–H and O–H groups in total. The number of hydrogen-bond donors (Lipinski definition) is 0. The minimum Gasteiger partial charge on any atom is -0.376 e. The van der Waals surface area contributed by atoms with Crippen LogP contribution in [0, 0.1) is 23.6 Å². The third kappa shape index (κ3) is 4.50. The first-order valence-corrected chi connectivity index (χ1v) is 11.3. The molecule has 10 heteroatoms. The fourth-order valence-corrected chi connectivity index (χ4v) is 4.54. The van der Waals surface area contributed by atoms with E-state index in [4.69, 9.17) is 9.26 Å². The summed E-state index contributed by atoms with van der Waals surface area (Å²) in [5, 5.41) is 15.0. The smallest absolute Gasteiger partial charge is 0.324 e. The van der Waals surface area contributed by atoms with Crippen molar-refractivity contribution < 1.29 is 13.7 Å². The zero-order chi connectivity index (χ0) is 22.1. The second-order valence-electron chi connectivity index (χ2n) is 9.12. The molecule has 0 amide bonds. The molecule has 2 aliphatic rings. The van der Waals surface area contributed by atoms with Crippen LogP contribution in [0.15, 0.2) is 29.0 Å². The van der Waals surface area contributed by atoms with Gasteiger partial charge in [-0.25, -0.2) is 9.07 Å². The lowest BCUT2D eigenvalue weighted by atomic mass is 9.91. The molecule has 2 atom stereocenters. The van der Waals surface area contributed by atoms with Crippen molar-refractivity contribution in [1.82, 2.24) is 30.3 Å². The Balaban J connectivity index is 1.05. The molecule has 1 aliphatic heterocycles. The summed E-state index contributed by atoms with van der Waals surface area (Å²) in [6, 6.07) is 5.60. The molecular formula is C22H28FN7O2. The van der Waals surface area contributed by atoms with Gasteiger partial charge >= 0.3 is 6.01 Å². The van der Waals surface area contributed by atoms with E-state index in [1.807, 2.05) is 0 Å². The summed E-state index contributed by atoms with van der Waals surface area (Å²) in [6.45, 7) is 6.99. The van der Waals surface area contributed by atoms with Crippen molar-refractivity contribution in [2.24, 2.45) is 17.8 Å². The van der Waals surface area contributed by atoms with Gasteiger partial charge in [-0.3, -0.25) is 0 Å². The number of halogens is 1. The van der Waals surface area contributed by atoms with Gasteiger partial charge in [0, 0.05) is 30.6 Å². The van der Waals surface area contributed by atoms with E-state index < -0.39 is 0 Å². The number of nitrogens with zero attached hydrogens (tertiary/aromatic N) is 7. The van der Waals surface area contributed by atoms with Gasteiger partial charge < -0.3 is 14.2 Å². The van der Waals surface area contributed by atoms with Crippen LogP contribution in [0.3, 0.4) is 0 Å². The molecule has 2 fully saturated rings. The fourth-order valence-electron chi connectivity index (χ4n) is 4.54. The molecule has 0 unspecified atom stereocenters. The van der Waals surface area contributed by atoms with Gasteiger partial charge in [-0.1, -0.05) is 25.1 Å². The first kappa shape index (κ1) is 21.0. The predicted octanol–water partition coefficient (Wildman–Crippen LogP) is 3.38. The first-order valence-electron chi connectivity index (χ1n) is 11.3. The summed E-state index contributed by atoms with van der Waals surface area (Å²) in [6.07, 6.45) is 4.90. The highest BCUT2D eigenvalue weighted by Gasteiger charge is 2.43. The van der Waals surface area contributed by atoms with Gasteiger partial charge in [-0.2, -0.15) is 4.98 Å². The standard InChI is InChI=1S/C22H28FN7O2/c1-14(2)21-25-22(32-26-21)29-7-5-15(6-8-29)19-9-17(19)12-31-11-16-3-4-18(10-20(16)23)30-13-24-27-28-30/h3-4,10,13-15,17,19H,5-9,11-12H2,1-2H3/t17-,19+/m0/s1. The van der Waals surface area contributed by atoms with E-state index in [1.165, 1.54) is 23.5 Å². The first-order chi connectivity index (χ1) is 15.6. The minimum absolute atomic E-state index is 0.273. The molecular weight excluding hydrogens is 413 g/mol. The summed E-state index contributed by atoms with van der Waals surface area (Å²) >= 11 is 0. The summed E-state index contributed by atoms with van der Waals surface area (Å²) in [5.41, 5.74) is 1.14. The molecule has 1 saturated heterocycles. The van der Waals surface area contributed by atoms with Gasteiger partial charge in [0.25, 0.3) is 0 Å². The quantitative estimate of drug-likeness (QED) is 0.525. The Bertz CT molecular complexity index is 1030. The van der Waals surface area contributed by atoms with Gasteiger partial charge in [0.15, 0.2) is 5.82 Å². The van der Waals surface area contributed by atoms with Crippen LogP contribution >= 0.6 is 0 Å². The monoisotopic (exact) mass is 441 g/mol. The average molecular weight is 442 g/mol. The number of ether oxygens (including phenoxy) is 1. The predicted molar refractivity (Wildman–Crippen MR) is 114 cm³/mol. The highest BCUT2D eigenvalue weighted by molar-refractivity contribution is 5.34. The van der Waals surface area contributed by atoms with Crippen molar-refractivity contribution in [3.05, 3.63) is 41.7 Å². The lowest BCUT2D eigenvalue weighted by Crippen LogP contribution is -2.34. The van der Waals surface area contributed by atoms with E-state index in [2.05, 4.69) is 44.4 Å². The van der Waals surface area contributed by atoms with Gasteiger partial charge in [0.1, 0.15) is 12.1 Å². The Morgan fingerprint density at radius 2 is 2.09 bits per heavy atom. The number of anilines is 1. The minimum atomic E-state index is -0.306. The molecule has 9 nitrogen and oxygen atoms in total. The highest BCUT2D eigenvalue weighted by atomic mass is 19.1. The lowest BCUT2D eigenvalue weighted by molar-refractivity contribution is 0.102. The number of tetrazole rings is 1. The SMILES string of the molecule is CC(C)c1noc(N2CCC([C@H]3C[C@H]3COCc3ccc(-n4cnnn4)cc3F)CC2)n1. The Kier molecular flexibility index (Phi) is 5.86. The molecule has 32 heavy (non-hydrogen) atoms. The molecule has 3 heterocycles. The van der Waals surface area contributed by atoms with Crippen LogP contribution in [-0.4, -0.2) is 50.0 Å². The summed E-state index contributed by atoms with van der Waals surface area (Å²) in [7, 11) is 0. The van der Waals surface area contributed by atoms with Crippen LogP contribution in [0.2, 0.25) is 0 Å². The third-order valence-electron chi connectivity index (χ3n) is 6.58. The topological polar surface area (TPSA) is 95.0 Å². The molecule has 1 saturated carbocycles. The molecule has 1 aromatic carbocycles. The van der Waals surface area contributed by atoms with Crippen LogP contribution in [-0.2, 0) is 11.3 Å². The van der Waals surface area contributed by atoms with Gasteiger partial charge in [-0.15, -0.1) is 5.10 Å². The Morgan fingerprint density at radius 3 is 2.78 bits per heavy atom. The molecule has 0 bridgehead atoms. The van der Waals surface area contributed by atoms with Crippen molar-refractivity contribution in [1.29, 1.82) is 0 Å². The number of hydrogen-bond acceptors (Lipinski definition) is 8. The van der Waals surface area contributed by atoms with Crippen LogP contribution in [0.25, 0.3) is 5.69 Å². The number of aromatic nitrogens is 6. The second-order valence-corrected chi connectivity index (χ2v) is 9.12. The Morgan fingerprint density at radius 1 is 1.25 bits per heavy atom. The summed E-state index contributed by atoms with van der Waals surface area (Å²) in [4.78, 5) is 6.72. The van der Waals surface area contributed by atoms with Crippen LogP contribution in [0.4, 0.5) is 10.4 Å². The van der Waals surface area contributed by atoms with Crippen LogP contribution in [0.1, 0.15) is 50.4 Å². The lowest BCUT2D eigenvalue weighted by Gasteiger charge is -2.30. The summed E-state index contributed by atoms with van der Waals surface area (Å²) < 4.78 is 27.1. The molecule has 0 spiro atoms. The number of rotatable bonds is 8. The molecule has 5 rings (SSSR count). The van der Waals surface area contributed by atoms with Crippen molar-refractivity contribution in [3.8, 4) is 5.69 Å². The molecule has 0 radical (unpaired) electrons. The van der Waals surface area contributed by atoms with E-state index >= 15 is 0 Å². The largest absolute Gasteiger partial charge is 0.376 e. The van der Waals surface area contributed by atoms with Crippen molar-refractivity contribution in [2.75, 3.05) is 24.6 Å². The van der Waals surface area contributed by atoms with Gasteiger partial charge in [0.2, 0.25) is 0 Å². The van der Waals surface area contributed by atoms with Crippen molar-refractivity contribution >= 4 is 6.01 Å². The van der Waals surface area contributed by atoms with Crippen LogP contribution < -0.4 is 4.90 Å². The van der Waals surface area contributed by atoms with E-state index in [1.54, 1.807) is 12.1 Å².